The summed E-state index contributed by atoms with van der Waals surface area (Å²) in [5.41, 5.74) is 0.825. The highest BCUT2D eigenvalue weighted by Gasteiger charge is 2.23. The van der Waals surface area contributed by atoms with Crippen LogP contribution in [-0.2, 0) is 30.2 Å². The van der Waals surface area contributed by atoms with Crippen molar-refractivity contribution in [1.29, 1.82) is 0 Å². The molecule has 1 aliphatic carbocycles. The average Bonchev–Trinajstić information content (AvgIpc) is 2.98. The van der Waals surface area contributed by atoms with Gasteiger partial charge in [-0.2, -0.15) is 5.10 Å². The molecule has 0 saturated heterocycles. The van der Waals surface area contributed by atoms with Crippen molar-refractivity contribution < 1.29 is 8.42 Å². The second-order valence-electron chi connectivity index (χ2n) is 5.13. The van der Waals surface area contributed by atoms with Gasteiger partial charge in [-0.15, -0.1) is 11.3 Å². The van der Waals surface area contributed by atoms with Crippen LogP contribution in [0.15, 0.2) is 28.6 Å². The van der Waals surface area contributed by atoms with Crippen LogP contribution in [0.25, 0.3) is 0 Å². The number of nitrogens with one attached hydrogen (secondary N) is 2. The zero-order chi connectivity index (χ0) is 14.9. The van der Waals surface area contributed by atoms with E-state index in [1.165, 1.54) is 24.2 Å². The van der Waals surface area contributed by atoms with Gasteiger partial charge in [-0.1, -0.05) is 0 Å². The van der Waals surface area contributed by atoms with Gasteiger partial charge in [0, 0.05) is 30.7 Å². The van der Waals surface area contributed by atoms with E-state index in [-0.39, 0.29) is 6.54 Å². The second-order valence-corrected chi connectivity index (χ2v) is 7.87. The minimum absolute atomic E-state index is 0.240. The van der Waals surface area contributed by atoms with Crippen molar-refractivity contribution in [2.45, 2.75) is 36.9 Å². The molecule has 0 aromatic carbocycles. The van der Waals surface area contributed by atoms with Crippen molar-refractivity contribution in [2.24, 2.45) is 7.05 Å². The summed E-state index contributed by atoms with van der Waals surface area (Å²) >= 11 is 1.47. The van der Waals surface area contributed by atoms with Crippen molar-refractivity contribution >= 4 is 21.4 Å². The fourth-order valence-electron chi connectivity index (χ4n) is 2.04. The van der Waals surface area contributed by atoms with E-state index in [4.69, 9.17) is 0 Å². The molecule has 2 N–H and O–H groups in total. The average molecular weight is 326 g/mol. The smallest absolute Gasteiger partial charge is 0.242 e. The molecule has 0 amide bonds. The standard InChI is InChI=1S/C13H18N4O2S2/c1-17-11(4-6-15-17)8-16-21(18,19)13-5-7-20-12(13)9-14-10-2-3-10/h4-7,10,14,16H,2-3,8-9H2,1H3. The first-order valence-corrected chi connectivity index (χ1v) is 9.19. The van der Waals surface area contributed by atoms with Crippen molar-refractivity contribution in [1.82, 2.24) is 19.8 Å². The predicted octanol–water partition coefficient (Wildman–Crippen LogP) is 1.21. The van der Waals surface area contributed by atoms with Crippen molar-refractivity contribution in [2.75, 3.05) is 0 Å². The monoisotopic (exact) mass is 326 g/mol. The summed E-state index contributed by atoms with van der Waals surface area (Å²) in [5.74, 6) is 0. The van der Waals surface area contributed by atoms with E-state index in [9.17, 15) is 8.42 Å². The van der Waals surface area contributed by atoms with E-state index in [1.807, 2.05) is 5.38 Å². The highest BCUT2D eigenvalue weighted by atomic mass is 32.2. The molecular formula is C13H18N4O2S2. The van der Waals surface area contributed by atoms with Gasteiger partial charge in [-0.05, 0) is 30.4 Å². The summed E-state index contributed by atoms with van der Waals surface area (Å²) in [6, 6.07) is 4.02. The van der Waals surface area contributed by atoms with Crippen molar-refractivity contribution in [3.8, 4) is 0 Å². The summed E-state index contributed by atoms with van der Waals surface area (Å²) in [6.45, 7) is 0.856. The molecule has 0 unspecified atom stereocenters. The lowest BCUT2D eigenvalue weighted by Crippen LogP contribution is -2.25. The van der Waals surface area contributed by atoms with E-state index in [0.717, 1.165) is 10.6 Å². The molecule has 0 bridgehead atoms. The number of sulfonamides is 1. The Kier molecular flexibility index (Phi) is 4.12. The predicted molar refractivity (Wildman–Crippen MR) is 81.4 cm³/mol. The van der Waals surface area contributed by atoms with E-state index in [0.29, 0.717) is 17.5 Å². The molecule has 1 saturated carbocycles. The normalized spacial score (nSPS) is 15.5. The minimum Gasteiger partial charge on any atom is -0.309 e. The molecule has 2 aromatic rings. The van der Waals surface area contributed by atoms with Crippen LogP contribution >= 0.6 is 11.3 Å². The maximum absolute atomic E-state index is 12.4. The molecule has 8 heteroatoms. The number of hydrogen-bond donors (Lipinski definition) is 2. The molecule has 1 fully saturated rings. The van der Waals surface area contributed by atoms with E-state index >= 15 is 0 Å². The second kappa shape index (κ2) is 5.88. The fraction of sp³-hybridized carbons (Fsp3) is 0.462. The van der Waals surface area contributed by atoms with Crippen LogP contribution in [0.3, 0.4) is 0 Å². The Bertz CT molecular complexity index is 716. The molecule has 0 atom stereocenters. The molecule has 6 nitrogen and oxygen atoms in total. The highest BCUT2D eigenvalue weighted by Crippen LogP contribution is 2.24. The number of aryl methyl sites for hydroxylation is 1. The third kappa shape index (κ3) is 3.52. The van der Waals surface area contributed by atoms with Gasteiger partial charge in [0.05, 0.1) is 17.1 Å². The first-order valence-electron chi connectivity index (χ1n) is 6.82. The summed E-state index contributed by atoms with van der Waals surface area (Å²) in [5, 5.41) is 9.20. The lowest BCUT2D eigenvalue weighted by atomic mass is 10.4. The van der Waals surface area contributed by atoms with Gasteiger partial charge in [-0.25, -0.2) is 13.1 Å². The third-order valence-electron chi connectivity index (χ3n) is 3.49. The van der Waals surface area contributed by atoms with Crippen LogP contribution in [0.4, 0.5) is 0 Å². The summed E-state index contributed by atoms with van der Waals surface area (Å²) in [7, 11) is -1.70. The summed E-state index contributed by atoms with van der Waals surface area (Å²) < 4.78 is 29.1. The Morgan fingerprint density at radius 1 is 1.38 bits per heavy atom. The lowest BCUT2D eigenvalue weighted by Gasteiger charge is -2.08. The molecule has 21 heavy (non-hydrogen) atoms. The van der Waals surface area contributed by atoms with Gasteiger partial charge in [0.15, 0.2) is 0 Å². The molecule has 3 rings (SSSR count). The quantitative estimate of drug-likeness (QED) is 0.802. The van der Waals surface area contributed by atoms with Crippen LogP contribution in [0.1, 0.15) is 23.4 Å². The number of aromatic nitrogens is 2. The van der Waals surface area contributed by atoms with Gasteiger partial charge in [0.25, 0.3) is 0 Å². The van der Waals surface area contributed by atoms with E-state index < -0.39 is 10.0 Å². The Hall–Kier alpha value is -1.22. The first kappa shape index (κ1) is 14.7. The maximum atomic E-state index is 12.4. The van der Waals surface area contributed by atoms with Crippen LogP contribution in [0, 0.1) is 0 Å². The molecule has 2 aromatic heterocycles. The lowest BCUT2D eigenvalue weighted by molar-refractivity contribution is 0.575. The topological polar surface area (TPSA) is 76.0 Å². The molecule has 0 aliphatic heterocycles. The Morgan fingerprint density at radius 2 is 2.19 bits per heavy atom. The van der Waals surface area contributed by atoms with Gasteiger partial charge < -0.3 is 5.32 Å². The Labute approximate surface area is 128 Å². The summed E-state index contributed by atoms with van der Waals surface area (Å²) in [4.78, 5) is 1.24. The molecule has 114 valence electrons. The molecule has 1 aliphatic rings. The number of hydrogen-bond acceptors (Lipinski definition) is 5. The number of thiophene rings is 1. The minimum atomic E-state index is -3.49. The van der Waals surface area contributed by atoms with Crippen LogP contribution in [0.2, 0.25) is 0 Å². The van der Waals surface area contributed by atoms with Gasteiger partial charge >= 0.3 is 0 Å². The number of nitrogens with zero attached hydrogens (tertiary/aromatic N) is 2. The van der Waals surface area contributed by atoms with Crippen molar-refractivity contribution in [3.63, 3.8) is 0 Å². The highest BCUT2D eigenvalue weighted by molar-refractivity contribution is 7.89. The van der Waals surface area contributed by atoms with Crippen LogP contribution in [0.5, 0.6) is 0 Å². The van der Waals surface area contributed by atoms with Gasteiger partial charge in [0.2, 0.25) is 10.0 Å². The third-order valence-corrected chi connectivity index (χ3v) is 6.02. The van der Waals surface area contributed by atoms with Crippen molar-refractivity contribution in [3.05, 3.63) is 34.3 Å². The van der Waals surface area contributed by atoms with Crippen LogP contribution in [-0.4, -0.2) is 24.2 Å². The number of rotatable bonds is 7. The zero-order valence-corrected chi connectivity index (χ0v) is 13.4. The molecule has 0 spiro atoms. The molecular weight excluding hydrogens is 308 g/mol. The summed E-state index contributed by atoms with van der Waals surface area (Å²) in [6.07, 6.45) is 4.03. The van der Waals surface area contributed by atoms with E-state index in [1.54, 1.807) is 30.1 Å². The van der Waals surface area contributed by atoms with E-state index in [2.05, 4.69) is 15.1 Å². The molecule has 0 radical (unpaired) electrons. The SMILES string of the molecule is Cn1nccc1CNS(=O)(=O)c1ccsc1CNC1CC1. The Balaban J connectivity index is 1.69. The first-order chi connectivity index (χ1) is 10.1. The van der Waals surface area contributed by atoms with Crippen LogP contribution < -0.4 is 10.0 Å². The zero-order valence-electron chi connectivity index (χ0n) is 11.7. The largest absolute Gasteiger partial charge is 0.309 e. The maximum Gasteiger partial charge on any atom is 0.242 e. The Morgan fingerprint density at radius 3 is 2.86 bits per heavy atom. The molecule has 2 heterocycles. The van der Waals surface area contributed by atoms with Gasteiger partial charge in [-0.3, -0.25) is 4.68 Å². The fourth-order valence-corrected chi connectivity index (χ4v) is 4.43. The van der Waals surface area contributed by atoms with Gasteiger partial charge in [0.1, 0.15) is 0 Å².